The van der Waals surface area contributed by atoms with Crippen molar-refractivity contribution in [3.63, 3.8) is 0 Å². The highest BCUT2D eigenvalue weighted by Crippen LogP contribution is 2.09. The monoisotopic (exact) mass is 200 g/mol. The Bertz CT molecular complexity index is 220. The topological polar surface area (TPSA) is 52.6 Å². The highest BCUT2D eigenvalue weighted by atomic mass is 16.5. The molecule has 0 saturated carbocycles. The fourth-order valence-corrected chi connectivity index (χ4v) is 0.945. The van der Waals surface area contributed by atoms with Gasteiger partial charge < -0.3 is 9.47 Å². The number of methoxy groups -OCH3 is 2. The van der Waals surface area contributed by atoms with Gasteiger partial charge in [-0.15, -0.1) is 0 Å². The normalized spacial score (nSPS) is 12.5. The van der Waals surface area contributed by atoms with Gasteiger partial charge in [0.25, 0.3) is 0 Å². The largest absolute Gasteiger partial charge is 0.469 e. The zero-order valence-electron chi connectivity index (χ0n) is 8.78. The van der Waals surface area contributed by atoms with Crippen LogP contribution in [0, 0.1) is 5.92 Å². The van der Waals surface area contributed by atoms with Crippen molar-refractivity contribution in [3.05, 3.63) is 12.2 Å². The molecule has 4 nitrogen and oxygen atoms in total. The van der Waals surface area contributed by atoms with Gasteiger partial charge in [0.05, 0.1) is 26.6 Å². The van der Waals surface area contributed by atoms with Crippen molar-refractivity contribution in [2.24, 2.45) is 5.92 Å². The number of rotatable bonds is 5. The summed E-state index contributed by atoms with van der Waals surface area (Å²) in [5, 5.41) is 0. The first kappa shape index (κ1) is 12.7. The van der Waals surface area contributed by atoms with Crippen LogP contribution >= 0.6 is 0 Å². The first-order chi connectivity index (χ1) is 6.65. The van der Waals surface area contributed by atoms with Crippen LogP contribution in [-0.4, -0.2) is 26.2 Å². The fourth-order valence-electron chi connectivity index (χ4n) is 0.945. The average Bonchev–Trinajstić information content (AvgIpc) is 2.22. The number of ether oxygens (including phenoxy) is 2. The van der Waals surface area contributed by atoms with Gasteiger partial charge in [-0.05, 0) is 6.42 Å². The van der Waals surface area contributed by atoms with Gasteiger partial charge in [0.2, 0.25) is 0 Å². The molecule has 0 aliphatic carbocycles. The van der Waals surface area contributed by atoms with E-state index in [2.05, 4.69) is 9.47 Å². The highest BCUT2D eigenvalue weighted by Gasteiger charge is 2.19. The number of carbonyl (C=O) groups is 2. The molecular weight excluding hydrogens is 184 g/mol. The van der Waals surface area contributed by atoms with E-state index in [1.165, 1.54) is 14.2 Å². The van der Waals surface area contributed by atoms with Crippen LogP contribution in [0.2, 0.25) is 0 Å². The predicted molar refractivity (Wildman–Crippen MR) is 51.6 cm³/mol. The minimum absolute atomic E-state index is 0.0275. The molecular formula is C10H16O4. The van der Waals surface area contributed by atoms with Crippen LogP contribution in [-0.2, 0) is 19.1 Å². The molecule has 0 aromatic heterocycles. The Labute approximate surface area is 83.9 Å². The molecule has 0 rings (SSSR count). The molecule has 0 radical (unpaired) electrons. The van der Waals surface area contributed by atoms with E-state index in [-0.39, 0.29) is 6.42 Å². The first-order valence-corrected chi connectivity index (χ1v) is 4.47. The molecule has 0 N–H and O–H groups in total. The summed E-state index contributed by atoms with van der Waals surface area (Å²) in [4.78, 5) is 22.1. The smallest absolute Gasteiger partial charge is 0.313 e. The maximum Gasteiger partial charge on any atom is 0.313 e. The van der Waals surface area contributed by atoms with E-state index >= 15 is 0 Å². The minimum Gasteiger partial charge on any atom is -0.469 e. The van der Waals surface area contributed by atoms with Gasteiger partial charge in [-0.3, -0.25) is 9.59 Å². The second-order valence-corrected chi connectivity index (χ2v) is 2.75. The molecule has 80 valence electrons. The number of hydrogen-bond donors (Lipinski definition) is 0. The van der Waals surface area contributed by atoms with Gasteiger partial charge in [-0.1, -0.05) is 19.1 Å². The third-order valence-corrected chi connectivity index (χ3v) is 1.72. The van der Waals surface area contributed by atoms with Crippen molar-refractivity contribution >= 4 is 11.9 Å². The summed E-state index contributed by atoms with van der Waals surface area (Å²) in [5.74, 6) is -1.37. The standard InChI is InChI=1S/C10H16O4/c1-4-5-6-8(10(12)14-3)7-9(11)13-2/h5-6,8H,4,7H2,1-3H3. The third-order valence-electron chi connectivity index (χ3n) is 1.72. The van der Waals surface area contributed by atoms with Crippen LogP contribution < -0.4 is 0 Å². The SMILES string of the molecule is CCC=CC(CC(=O)OC)C(=O)OC. The van der Waals surface area contributed by atoms with Gasteiger partial charge in [-0.25, -0.2) is 0 Å². The molecule has 0 saturated heterocycles. The van der Waals surface area contributed by atoms with Crippen LogP contribution in [0.3, 0.4) is 0 Å². The summed E-state index contributed by atoms with van der Waals surface area (Å²) >= 11 is 0. The number of hydrogen-bond acceptors (Lipinski definition) is 4. The molecule has 0 aromatic rings. The second kappa shape index (κ2) is 7.12. The lowest BCUT2D eigenvalue weighted by Crippen LogP contribution is -2.18. The van der Waals surface area contributed by atoms with E-state index in [0.29, 0.717) is 0 Å². The maximum atomic E-state index is 11.2. The maximum absolute atomic E-state index is 11.2. The second-order valence-electron chi connectivity index (χ2n) is 2.75. The van der Waals surface area contributed by atoms with Crippen LogP contribution in [0.25, 0.3) is 0 Å². The molecule has 0 fully saturated rings. The molecule has 1 atom stereocenters. The molecule has 0 heterocycles. The van der Waals surface area contributed by atoms with E-state index < -0.39 is 17.9 Å². The van der Waals surface area contributed by atoms with Gasteiger partial charge in [0, 0.05) is 0 Å². The average molecular weight is 200 g/mol. The van der Waals surface area contributed by atoms with E-state index in [1.54, 1.807) is 6.08 Å². The first-order valence-electron chi connectivity index (χ1n) is 4.47. The zero-order valence-corrected chi connectivity index (χ0v) is 8.78. The Morgan fingerprint density at radius 2 is 1.93 bits per heavy atom. The van der Waals surface area contributed by atoms with Gasteiger partial charge in [0.15, 0.2) is 0 Å². The highest BCUT2D eigenvalue weighted by molar-refractivity contribution is 5.81. The Kier molecular flexibility index (Phi) is 6.45. The Balaban J connectivity index is 4.32. The van der Waals surface area contributed by atoms with E-state index in [0.717, 1.165) is 6.42 Å². The molecule has 0 spiro atoms. The molecule has 14 heavy (non-hydrogen) atoms. The van der Waals surface area contributed by atoms with Crippen molar-refractivity contribution in [1.82, 2.24) is 0 Å². The Morgan fingerprint density at radius 3 is 2.36 bits per heavy atom. The summed E-state index contributed by atoms with van der Waals surface area (Å²) in [7, 11) is 2.59. The van der Waals surface area contributed by atoms with Gasteiger partial charge in [-0.2, -0.15) is 0 Å². The van der Waals surface area contributed by atoms with Crippen molar-refractivity contribution in [2.75, 3.05) is 14.2 Å². The lowest BCUT2D eigenvalue weighted by molar-refractivity contribution is -0.150. The van der Waals surface area contributed by atoms with Crippen LogP contribution in [0.5, 0.6) is 0 Å². The summed E-state index contributed by atoms with van der Waals surface area (Å²) in [6.45, 7) is 1.95. The van der Waals surface area contributed by atoms with Crippen molar-refractivity contribution in [1.29, 1.82) is 0 Å². The zero-order chi connectivity index (χ0) is 11.0. The fraction of sp³-hybridized carbons (Fsp3) is 0.600. The van der Waals surface area contributed by atoms with E-state index in [4.69, 9.17) is 0 Å². The lowest BCUT2D eigenvalue weighted by atomic mass is 10.1. The predicted octanol–water partition coefficient (Wildman–Crippen LogP) is 1.30. The molecule has 0 aromatic carbocycles. The Morgan fingerprint density at radius 1 is 1.29 bits per heavy atom. The summed E-state index contributed by atoms with van der Waals surface area (Å²) in [6, 6.07) is 0. The number of carbonyl (C=O) groups excluding carboxylic acids is 2. The summed E-state index contributed by atoms with van der Waals surface area (Å²) < 4.78 is 9.03. The lowest BCUT2D eigenvalue weighted by Gasteiger charge is -2.08. The van der Waals surface area contributed by atoms with Crippen LogP contribution in [0.15, 0.2) is 12.2 Å². The molecule has 4 heteroatoms. The molecule has 0 aliphatic rings. The van der Waals surface area contributed by atoms with E-state index in [9.17, 15) is 9.59 Å². The van der Waals surface area contributed by atoms with Crippen molar-refractivity contribution in [3.8, 4) is 0 Å². The minimum atomic E-state index is -0.535. The van der Waals surface area contributed by atoms with Crippen LogP contribution in [0.4, 0.5) is 0 Å². The molecule has 1 unspecified atom stereocenters. The quantitative estimate of drug-likeness (QED) is 0.496. The molecule has 0 bridgehead atoms. The number of esters is 2. The third kappa shape index (κ3) is 4.64. The van der Waals surface area contributed by atoms with E-state index in [1.807, 2.05) is 13.0 Å². The summed E-state index contributed by atoms with van der Waals surface area (Å²) in [6.07, 6.45) is 4.33. The van der Waals surface area contributed by atoms with Gasteiger partial charge >= 0.3 is 11.9 Å². The molecule has 0 aliphatic heterocycles. The van der Waals surface area contributed by atoms with Gasteiger partial charge in [0.1, 0.15) is 0 Å². The number of allylic oxidation sites excluding steroid dienone is 1. The van der Waals surface area contributed by atoms with Crippen molar-refractivity contribution < 1.29 is 19.1 Å². The molecule has 0 amide bonds. The van der Waals surface area contributed by atoms with Crippen LogP contribution in [0.1, 0.15) is 19.8 Å². The Hall–Kier alpha value is -1.32. The summed E-state index contributed by atoms with van der Waals surface area (Å²) in [5.41, 5.74) is 0. The van der Waals surface area contributed by atoms with Crippen molar-refractivity contribution in [2.45, 2.75) is 19.8 Å².